The maximum absolute atomic E-state index is 6.35. The van der Waals surface area contributed by atoms with Crippen LogP contribution < -0.4 is 10.5 Å². The fourth-order valence-electron chi connectivity index (χ4n) is 1.94. The van der Waals surface area contributed by atoms with Gasteiger partial charge in [-0.2, -0.15) is 0 Å². The highest BCUT2D eigenvalue weighted by atomic mass is 79.9. The van der Waals surface area contributed by atoms with E-state index in [0.717, 1.165) is 25.8 Å². The molecule has 0 saturated carbocycles. The minimum absolute atomic E-state index is 0.244. The van der Waals surface area contributed by atoms with Gasteiger partial charge in [0.1, 0.15) is 5.75 Å². The predicted octanol–water partition coefficient (Wildman–Crippen LogP) is 5.31. The Morgan fingerprint density at radius 2 is 1.70 bits per heavy atom. The van der Waals surface area contributed by atoms with Gasteiger partial charge in [0.05, 0.1) is 12.6 Å². The second kappa shape index (κ2) is 6.94. The average molecular weight is 420 g/mol. The lowest BCUT2D eigenvalue weighted by Gasteiger charge is -2.17. The number of benzene rings is 2. The van der Waals surface area contributed by atoms with Crippen LogP contribution >= 0.6 is 43.5 Å². The molecule has 2 aromatic carbocycles. The second-order valence-electron chi connectivity index (χ2n) is 4.26. The van der Waals surface area contributed by atoms with E-state index in [1.165, 1.54) is 0 Å². The van der Waals surface area contributed by atoms with Crippen LogP contribution in [0.1, 0.15) is 24.1 Å². The molecule has 2 N–H and O–H groups in total. The molecule has 20 heavy (non-hydrogen) atoms. The molecule has 0 aliphatic heterocycles. The lowest BCUT2D eigenvalue weighted by atomic mass is 9.99. The first kappa shape index (κ1) is 15.8. The van der Waals surface area contributed by atoms with E-state index in [-0.39, 0.29) is 6.04 Å². The number of halogens is 3. The van der Waals surface area contributed by atoms with Gasteiger partial charge in [-0.1, -0.05) is 55.6 Å². The van der Waals surface area contributed by atoms with Crippen LogP contribution in [0.4, 0.5) is 0 Å². The van der Waals surface area contributed by atoms with Crippen molar-refractivity contribution < 1.29 is 4.74 Å². The van der Waals surface area contributed by atoms with E-state index < -0.39 is 0 Å². The number of hydrogen-bond donors (Lipinski definition) is 1. The number of rotatable bonds is 4. The van der Waals surface area contributed by atoms with Crippen LogP contribution in [-0.2, 0) is 0 Å². The summed E-state index contributed by atoms with van der Waals surface area (Å²) in [5, 5.41) is 0.679. The summed E-state index contributed by atoms with van der Waals surface area (Å²) in [5.74, 6) is 0.825. The van der Waals surface area contributed by atoms with E-state index in [9.17, 15) is 0 Å². The molecule has 1 unspecified atom stereocenters. The standard InChI is InChI=1S/C15H14Br2ClNO/c1-2-20-10-4-6-12(14(17)8-10)15(19)11-5-3-9(18)7-13(11)16/h3-8,15H,2,19H2,1H3. The molecule has 0 heterocycles. The summed E-state index contributed by atoms with van der Waals surface area (Å²) < 4.78 is 7.30. The molecule has 5 heteroatoms. The van der Waals surface area contributed by atoms with Gasteiger partial charge in [0.15, 0.2) is 0 Å². The Morgan fingerprint density at radius 1 is 1.10 bits per heavy atom. The van der Waals surface area contributed by atoms with Crippen LogP contribution in [-0.4, -0.2) is 6.61 Å². The van der Waals surface area contributed by atoms with E-state index in [0.29, 0.717) is 11.6 Å². The summed E-state index contributed by atoms with van der Waals surface area (Å²) in [6.07, 6.45) is 0. The third kappa shape index (κ3) is 3.55. The largest absolute Gasteiger partial charge is 0.494 e. The van der Waals surface area contributed by atoms with Crippen LogP contribution in [0, 0.1) is 0 Å². The quantitative estimate of drug-likeness (QED) is 0.729. The molecule has 0 aliphatic carbocycles. The molecule has 0 amide bonds. The van der Waals surface area contributed by atoms with E-state index in [4.69, 9.17) is 22.1 Å². The zero-order chi connectivity index (χ0) is 14.7. The Bertz CT molecular complexity index is 619. The van der Waals surface area contributed by atoms with Crippen molar-refractivity contribution in [1.29, 1.82) is 0 Å². The fraction of sp³-hybridized carbons (Fsp3) is 0.200. The van der Waals surface area contributed by atoms with Gasteiger partial charge < -0.3 is 10.5 Å². The van der Waals surface area contributed by atoms with Crippen LogP contribution in [0.25, 0.3) is 0 Å². The second-order valence-corrected chi connectivity index (χ2v) is 6.40. The van der Waals surface area contributed by atoms with Crippen LogP contribution in [0.15, 0.2) is 45.3 Å². The summed E-state index contributed by atoms with van der Waals surface area (Å²) in [5.41, 5.74) is 8.33. The summed E-state index contributed by atoms with van der Waals surface area (Å²) >= 11 is 13.0. The number of ether oxygens (including phenoxy) is 1. The molecule has 1 atom stereocenters. The maximum Gasteiger partial charge on any atom is 0.120 e. The van der Waals surface area contributed by atoms with Crippen LogP contribution in [0.2, 0.25) is 5.02 Å². The minimum Gasteiger partial charge on any atom is -0.494 e. The SMILES string of the molecule is CCOc1ccc(C(N)c2ccc(Cl)cc2Br)c(Br)c1. The zero-order valence-corrected chi connectivity index (χ0v) is 14.8. The Hall–Kier alpha value is -0.550. The molecule has 0 bridgehead atoms. The van der Waals surface area contributed by atoms with E-state index >= 15 is 0 Å². The van der Waals surface area contributed by atoms with Gasteiger partial charge in [0.25, 0.3) is 0 Å². The zero-order valence-electron chi connectivity index (χ0n) is 10.9. The fourth-order valence-corrected chi connectivity index (χ4v) is 3.47. The first-order valence-electron chi connectivity index (χ1n) is 6.15. The molecule has 0 spiro atoms. The van der Waals surface area contributed by atoms with Gasteiger partial charge in [0.2, 0.25) is 0 Å². The van der Waals surface area contributed by atoms with Gasteiger partial charge in [-0.15, -0.1) is 0 Å². The summed E-state index contributed by atoms with van der Waals surface area (Å²) in [6.45, 7) is 2.60. The highest BCUT2D eigenvalue weighted by Gasteiger charge is 2.15. The van der Waals surface area contributed by atoms with Crippen molar-refractivity contribution in [3.05, 3.63) is 61.5 Å². The van der Waals surface area contributed by atoms with Crippen LogP contribution in [0.3, 0.4) is 0 Å². The van der Waals surface area contributed by atoms with E-state index in [2.05, 4.69) is 31.9 Å². The molecule has 2 aromatic rings. The van der Waals surface area contributed by atoms with Crippen molar-refractivity contribution in [2.75, 3.05) is 6.61 Å². The average Bonchev–Trinajstić information content (AvgIpc) is 2.38. The number of hydrogen-bond acceptors (Lipinski definition) is 2. The molecule has 2 rings (SSSR count). The Labute approximate surface area is 140 Å². The molecular formula is C15H14Br2ClNO. The van der Waals surface area contributed by atoms with Crippen molar-refractivity contribution in [2.45, 2.75) is 13.0 Å². The summed E-state index contributed by atoms with van der Waals surface area (Å²) in [4.78, 5) is 0. The van der Waals surface area contributed by atoms with Gasteiger partial charge >= 0.3 is 0 Å². The smallest absolute Gasteiger partial charge is 0.120 e. The first-order valence-corrected chi connectivity index (χ1v) is 8.12. The van der Waals surface area contributed by atoms with Crippen molar-refractivity contribution in [1.82, 2.24) is 0 Å². The molecule has 0 fully saturated rings. The maximum atomic E-state index is 6.35. The number of nitrogens with two attached hydrogens (primary N) is 1. The third-order valence-electron chi connectivity index (χ3n) is 2.92. The first-order chi connectivity index (χ1) is 9.52. The van der Waals surface area contributed by atoms with Gasteiger partial charge in [-0.3, -0.25) is 0 Å². The molecule has 2 nitrogen and oxygen atoms in total. The molecular weight excluding hydrogens is 405 g/mol. The van der Waals surface area contributed by atoms with Crippen LogP contribution in [0.5, 0.6) is 5.75 Å². The topological polar surface area (TPSA) is 35.2 Å². The molecule has 0 saturated heterocycles. The highest BCUT2D eigenvalue weighted by Crippen LogP contribution is 2.34. The summed E-state index contributed by atoms with van der Waals surface area (Å²) in [7, 11) is 0. The van der Waals surface area contributed by atoms with Crippen molar-refractivity contribution in [3.8, 4) is 5.75 Å². The monoisotopic (exact) mass is 417 g/mol. The van der Waals surface area contributed by atoms with Gasteiger partial charge in [-0.05, 0) is 42.3 Å². The molecule has 0 aliphatic rings. The Kier molecular flexibility index (Phi) is 5.49. The van der Waals surface area contributed by atoms with Crippen molar-refractivity contribution in [3.63, 3.8) is 0 Å². The predicted molar refractivity (Wildman–Crippen MR) is 90.5 cm³/mol. The van der Waals surface area contributed by atoms with Crippen molar-refractivity contribution in [2.24, 2.45) is 5.73 Å². The van der Waals surface area contributed by atoms with Crippen molar-refractivity contribution >= 4 is 43.5 Å². The Morgan fingerprint density at radius 3 is 2.25 bits per heavy atom. The lowest BCUT2D eigenvalue weighted by Crippen LogP contribution is -2.13. The minimum atomic E-state index is -0.244. The van der Waals surface area contributed by atoms with Gasteiger partial charge in [-0.25, -0.2) is 0 Å². The molecule has 0 radical (unpaired) electrons. The third-order valence-corrected chi connectivity index (χ3v) is 4.52. The van der Waals surface area contributed by atoms with E-state index in [1.54, 1.807) is 0 Å². The van der Waals surface area contributed by atoms with E-state index in [1.807, 2.05) is 43.3 Å². The highest BCUT2D eigenvalue weighted by molar-refractivity contribution is 9.10. The molecule has 106 valence electrons. The summed E-state index contributed by atoms with van der Waals surface area (Å²) in [6, 6.07) is 11.2. The lowest BCUT2D eigenvalue weighted by molar-refractivity contribution is 0.340. The normalized spacial score (nSPS) is 12.2. The molecule has 0 aromatic heterocycles. The van der Waals surface area contributed by atoms with Gasteiger partial charge in [0, 0.05) is 14.0 Å². The Balaban J connectivity index is 2.35.